The molecule has 2 nitrogen and oxygen atoms in total. The smallest absolute Gasteiger partial charge is 0.127 e. The summed E-state index contributed by atoms with van der Waals surface area (Å²) in [5.74, 6) is -0.304. The van der Waals surface area contributed by atoms with Gasteiger partial charge in [0.15, 0.2) is 0 Å². The Kier molecular flexibility index (Phi) is 4.25. The van der Waals surface area contributed by atoms with Crippen molar-refractivity contribution in [3.8, 4) is 0 Å². The quantitative estimate of drug-likeness (QED) is 0.885. The van der Waals surface area contributed by atoms with Gasteiger partial charge >= 0.3 is 0 Å². The summed E-state index contributed by atoms with van der Waals surface area (Å²) >= 11 is 3.18. The van der Waals surface area contributed by atoms with Gasteiger partial charge in [-0.1, -0.05) is 22.0 Å². The third-order valence-electron chi connectivity index (χ3n) is 2.27. The van der Waals surface area contributed by atoms with Crippen molar-refractivity contribution in [2.45, 2.75) is 25.4 Å². The van der Waals surface area contributed by atoms with Gasteiger partial charge in [-0.3, -0.25) is 0 Å². The summed E-state index contributed by atoms with van der Waals surface area (Å²) < 4.78 is 14.1. The monoisotopic (exact) mass is 275 g/mol. The van der Waals surface area contributed by atoms with Crippen molar-refractivity contribution in [2.75, 3.05) is 6.54 Å². The molecule has 0 radical (unpaired) electrons. The van der Waals surface area contributed by atoms with Gasteiger partial charge in [0, 0.05) is 10.9 Å². The molecule has 1 rings (SSSR count). The molecule has 0 aromatic heterocycles. The van der Waals surface area contributed by atoms with Gasteiger partial charge in [0.05, 0.1) is 5.60 Å². The fourth-order valence-corrected chi connectivity index (χ4v) is 1.81. The van der Waals surface area contributed by atoms with Crippen LogP contribution in [0.1, 0.15) is 18.9 Å². The van der Waals surface area contributed by atoms with Gasteiger partial charge in [-0.15, -0.1) is 0 Å². The zero-order valence-electron chi connectivity index (χ0n) is 8.63. The Morgan fingerprint density at radius 3 is 2.73 bits per heavy atom. The molecular weight excluding hydrogens is 261 g/mol. The van der Waals surface area contributed by atoms with Crippen molar-refractivity contribution in [2.24, 2.45) is 5.73 Å². The molecule has 0 bridgehead atoms. The summed E-state index contributed by atoms with van der Waals surface area (Å²) in [5.41, 5.74) is 4.94. The van der Waals surface area contributed by atoms with E-state index >= 15 is 0 Å². The molecule has 1 aromatic rings. The van der Waals surface area contributed by atoms with Crippen LogP contribution in [0, 0.1) is 5.82 Å². The number of halogens is 2. The van der Waals surface area contributed by atoms with Crippen molar-refractivity contribution in [3.63, 3.8) is 0 Å². The van der Waals surface area contributed by atoms with E-state index in [2.05, 4.69) is 15.9 Å². The van der Waals surface area contributed by atoms with Gasteiger partial charge in [0.1, 0.15) is 5.82 Å². The predicted octanol–water partition coefficient (Wildman–Crippen LogP) is 2.23. The molecular formula is C11H15BrFNO. The van der Waals surface area contributed by atoms with Crippen molar-refractivity contribution in [1.82, 2.24) is 0 Å². The highest BCUT2D eigenvalue weighted by Gasteiger charge is 2.21. The normalized spacial score (nSPS) is 15.0. The maximum Gasteiger partial charge on any atom is 0.127 e. The number of hydrogen-bond acceptors (Lipinski definition) is 2. The van der Waals surface area contributed by atoms with Gasteiger partial charge in [0.2, 0.25) is 0 Å². The average Bonchev–Trinajstić information content (AvgIpc) is 2.09. The van der Waals surface area contributed by atoms with Gasteiger partial charge in [-0.25, -0.2) is 4.39 Å². The van der Waals surface area contributed by atoms with Crippen LogP contribution >= 0.6 is 15.9 Å². The fraction of sp³-hybridized carbons (Fsp3) is 0.455. The Bertz CT molecular complexity index is 341. The lowest BCUT2D eigenvalue weighted by molar-refractivity contribution is 0.0530. The van der Waals surface area contributed by atoms with E-state index in [9.17, 15) is 9.50 Å². The lowest BCUT2D eigenvalue weighted by atomic mass is 9.93. The molecule has 1 unspecified atom stereocenters. The van der Waals surface area contributed by atoms with E-state index in [-0.39, 0.29) is 12.2 Å². The van der Waals surface area contributed by atoms with Crippen LogP contribution in [-0.4, -0.2) is 17.3 Å². The number of hydrogen-bond donors (Lipinski definition) is 2. The number of benzene rings is 1. The van der Waals surface area contributed by atoms with E-state index in [0.29, 0.717) is 23.0 Å². The summed E-state index contributed by atoms with van der Waals surface area (Å²) in [6.07, 6.45) is 0.742. The summed E-state index contributed by atoms with van der Waals surface area (Å²) in [5, 5.41) is 9.90. The van der Waals surface area contributed by atoms with Crippen LogP contribution in [-0.2, 0) is 6.42 Å². The van der Waals surface area contributed by atoms with Gasteiger partial charge in [0.25, 0.3) is 0 Å². The maximum absolute atomic E-state index is 13.4. The van der Waals surface area contributed by atoms with Crippen LogP contribution in [0.15, 0.2) is 22.7 Å². The first-order valence-corrected chi connectivity index (χ1v) is 5.60. The van der Waals surface area contributed by atoms with Crippen LogP contribution < -0.4 is 5.73 Å². The lowest BCUT2D eigenvalue weighted by Crippen LogP contribution is -2.30. The first-order chi connectivity index (χ1) is 6.94. The second-order valence-electron chi connectivity index (χ2n) is 3.95. The molecule has 0 saturated heterocycles. The zero-order valence-corrected chi connectivity index (χ0v) is 10.2. The minimum Gasteiger partial charge on any atom is -0.390 e. The molecule has 0 fully saturated rings. The first-order valence-electron chi connectivity index (χ1n) is 4.81. The largest absolute Gasteiger partial charge is 0.390 e. The summed E-state index contributed by atoms with van der Waals surface area (Å²) in [6, 6.07) is 4.83. The Labute approximate surface area is 97.4 Å². The highest BCUT2D eigenvalue weighted by molar-refractivity contribution is 9.10. The van der Waals surface area contributed by atoms with E-state index in [4.69, 9.17) is 5.73 Å². The lowest BCUT2D eigenvalue weighted by Gasteiger charge is -2.22. The highest BCUT2D eigenvalue weighted by atomic mass is 79.9. The number of aliphatic hydroxyl groups is 1. The van der Waals surface area contributed by atoms with E-state index in [1.165, 1.54) is 6.07 Å². The summed E-state index contributed by atoms with van der Waals surface area (Å²) in [4.78, 5) is 0. The highest BCUT2D eigenvalue weighted by Crippen LogP contribution is 2.21. The molecule has 84 valence electrons. The van der Waals surface area contributed by atoms with E-state index in [1.54, 1.807) is 19.1 Å². The number of nitrogens with two attached hydrogens (primary N) is 1. The van der Waals surface area contributed by atoms with E-state index in [1.807, 2.05) is 0 Å². The molecule has 3 N–H and O–H groups in total. The Hall–Kier alpha value is -0.450. The minimum atomic E-state index is -0.941. The van der Waals surface area contributed by atoms with Crippen molar-refractivity contribution in [1.29, 1.82) is 0 Å². The zero-order chi connectivity index (χ0) is 11.5. The first kappa shape index (κ1) is 12.6. The Morgan fingerprint density at radius 2 is 2.20 bits per heavy atom. The summed E-state index contributed by atoms with van der Waals surface area (Å²) in [6.45, 7) is 2.06. The third-order valence-corrected chi connectivity index (χ3v) is 2.76. The van der Waals surface area contributed by atoms with E-state index < -0.39 is 5.60 Å². The molecule has 1 atom stereocenters. The molecule has 0 amide bonds. The standard InChI is InChI=1S/C11H15BrFNO/c1-11(15,4-5-14)7-8-2-3-9(12)6-10(8)13/h2-3,6,15H,4-5,7,14H2,1H3. The van der Waals surface area contributed by atoms with Crippen LogP contribution in [0.5, 0.6) is 0 Å². The van der Waals surface area contributed by atoms with Gasteiger partial charge in [-0.2, -0.15) is 0 Å². The molecule has 0 aliphatic rings. The SMILES string of the molecule is CC(O)(CCN)Cc1ccc(Br)cc1F. The van der Waals surface area contributed by atoms with E-state index in [0.717, 1.165) is 0 Å². The topological polar surface area (TPSA) is 46.2 Å². The van der Waals surface area contributed by atoms with Crippen LogP contribution in [0.3, 0.4) is 0 Å². The molecule has 0 saturated carbocycles. The second-order valence-corrected chi connectivity index (χ2v) is 4.86. The molecule has 0 aliphatic heterocycles. The Balaban J connectivity index is 2.80. The predicted molar refractivity (Wildman–Crippen MR) is 62.1 cm³/mol. The third kappa shape index (κ3) is 3.89. The van der Waals surface area contributed by atoms with Crippen molar-refractivity contribution < 1.29 is 9.50 Å². The molecule has 1 aromatic carbocycles. The van der Waals surface area contributed by atoms with Crippen LogP contribution in [0.4, 0.5) is 4.39 Å². The minimum absolute atomic E-state index is 0.281. The van der Waals surface area contributed by atoms with Crippen molar-refractivity contribution >= 4 is 15.9 Å². The second kappa shape index (κ2) is 5.05. The number of rotatable bonds is 4. The molecule has 15 heavy (non-hydrogen) atoms. The van der Waals surface area contributed by atoms with Crippen molar-refractivity contribution in [3.05, 3.63) is 34.1 Å². The van der Waals surface area contributed by atoms with Gasteiger partial charge in [-0.05, 0) is 37.6 Å². The molecule has 0 spiro atoms. The molecule has 4 heteroatoms. The van der Waals surface area contributed by atoms with Crippen LogP contribution in [0.2, 0.25) is 0 Å². The molecule has 0 heterocycles. The average molecular weight is 276 g/mol. The van der Waals surface area contributed by atoms with Gasteiger partial charge < -0.3 is 10.8 Å². The molecule has 0 aliphatic carbocycles. The summed E-state index contributed by atoms with van der Waals surface area (Å²) in [7, 11) is 0. The van der Waals surface area contributed by atoms with Crippen LogP contribution in [0.25, 0.3) is 0 Å². The fourth-order valence-electron chi connectivity index (χ4n) is 1.47. The Morgan fingerprint density at radius 1 is 1.53 bits per heavy atom. The maximum atomic E-state index is 13.4.